The van der Waals surface area contributed by atoms with Gasteiger partial charge in [0.15, 0.2) is 0 Å². The first-order valence-corrected chi connectivity index (χ1v) is 5.94. The van der Waals surface area contributed by atoms with E-state index in [4.69, 9.17) is 16.9 Å². The van der Waals surface area contributed by atoms with E-state index in [-0.39, 0.29) is 5.75 Å². The van der Waals surface area contributed by atoms with Gasteiger partial charge in [0.1, 0.15) is 16.6 Å². The van der Waals surface area contributed by atoms with Crippen LogP contribution in [0.1, 0.15) is 5.56 Å². The number of rotatable bonds is 1. The number of fused-ring (bicyclic) bond motifs is 1. The summed E-state index contributed by atoms with van der Waals surface area (Å²) in [5, 5.41) is 19.9. The Morgan fingerprint density at radius 1 is 1.21 bits per heavy atom. The highest BCUT2D eigenvalue weighted by Crippen LogP contribution is 2.30. The fourth-order valence-corrected chi connectivity index (χ4v) is 2.10. The van der Waals surface area contributed by atoms with E-state index in [1.54, 1.807) is 12.1 Å². The van der Waals surface area contributed by atoms with Gasteiger partial charge in [0.25, 0.3) is 0 Å². The molecule has 0 aliphatic carbocycles. The molecule has 0 radical (unpaired) electrons. The van der Waals surface area contributed by atoms with Crippen molar-refractivity contribution in [2.24, 2.45) is 0 Å². The maximum absolute atomic E-state index is 9.82. The van der Waals surface area contributed by atoms with Crippen molar-refractivity contribution in [1.82, 2.24) is 9.97 Å². The molecule has 4 nitrogen and oxygen atoms in total. The van der Waals surface area contributed by atoms with Gasteiger partial charge in [0.2, 0.25) is 0 Å². The van der Waals surface area contributed by atoms with Crippen LogP contribution in [0.5, 0.6) is 5.75 Å². The number of hydrogen-bond acceptors (Lipinski definition) is 3. The lowest BCUT2D eigenvalue weighted by atomic mass is 10.1. The minimum atomic E-state index is 0.0523. The van der Waals surface area contributed by atoms with Crippen LogP contribution in [-0.2, 0) is 0 Å². The van der Waals surface area contributed by atoms with Crippen molar-refractivity contribution >= 4 is 22.5 Å². The Labute approximate surface area is 113 Å². The van der Waals surface area contributed by atoms with Crippen LogP contribution in [0.4, 0.5) is 0 Å². The second kappa shape index (κ2) is 4.30. The summed E-state index contributed by atoms with van der Waals surface area (Å²) in [6.45, 7) is 0. The SMILES string of the molecule is N#Cc1ccc2[nH]c(-c3nc(Cl)ccc3O)cc2c1. The van der Waals surface area contributed by atoms with Crippen molar-refractivity contribution in [1.29, 1.82) is 5.26 Å². The molecule has 0 aliphatic rings. The van der Waals surface area contributed by atoms with Gasteiger partial charge in [-0.05, 0) is 36.4 Å². The van der Waals surface area contributed by atoms with Crippen molar-refractivity contribution < 1.29 is 5.11 Å². The van der Waals surface area contributed by atoms with Crippen LogP contribution in [0.15, 0.2) is 36.4 Å². The molecule has 0 unspecified atom stereocenters. The number of halogens is 1. The summed E-state index contributed by atoms with van der Waals surface area (Å²) in [6.07, 6.45) is 0. The first-order valence-electron chi connectivity index (χ1n) is 5.56. The Kier molecular flexibility index (Phi) is 2.62. The van der Waals surface area contributed by atoms with E-state index in [0.717, 1.165) is 10.9 Å². The number of H-pyrrole nitrogens is 1. The summed E-state index contributed by atoms with van der Waals surface area (Å²) < 4.78 is 0. The molecule has 2 N–H and O–H groups in total. The fourth-order valence-electron chi connectivity index (χ4n) is 1.96. The lowest BCUT2D eigenvalue weighted by Crippen LogP contribution is -1.84. The molecule has 0 atom stereocenters. The number of nitrogens with one attached hydrogen (secondary N) is 1. The number of pyridine rings is 1. The topological polar surface area (TPSA) is 72.7 Å². The quantitative estimate of drug-likeness (QED) is 0.665. The van der Waals surface area contributed by atoms with Crippen LogP contribution in [-0.4, -0.2) is 15.1 Å². The summed E-state index contributed by atoms with van der Waals surface area (Å²) >= 11 is 5.83. The minimum Gasteiger partial charge on any atom is -0.506 e. The Morgan fingerprint density at radius 2 is 2.05 bits per heavy atom. The Balaban J connectivity index is 2.21. The molecule has 0 bridgehead atoms. The van der Waals surface area contributed by atoms with E-state index in [1.165, 1.54) is 12.1 Å². The zero-order chi connectivity index (χ0) is 13.4. The second-order valence-electron chi connectivity index (χ2n) is 4.10. The third-order valence-electron chi connectivity index (χ3n) is 2.84. The summed E-state index contributed by atoms with van der Waals surface area (Å²) in [5.74, 6) is 0.0523. The average Bonchev–Trinajstić information content (AvgIpc) is 2.83. The molecule has 5 heteroatoms. The molecule has 3 aromatic rings. The van der Waals surface area contributed by atoms with Gasteiger partial charge in [-0.15, -0.1) is 0 Å². The van der Waals surface area contributed by atoms with Gasteiger partial charge in [-0.2, -0.15) is 5.26 Å². The van der Waals surface area contributed by atoms with E-state index in [9.17, 15) is 5.11 Å². The van der Waals surface area contributed by atoms with Crippen molar-refractivity contribution in [3.8, 4) is 23.2 Å². The van der Waals surface area contributed by atoms with Crippen molar-refractivity contribution in [3.05, 3.63) is 47.1 Å². The Bertz CT molecular complexity index is 817. The number of nitrogens with zero attached hydrogens (tertiary/aromatic N) is 2. The van der Waals surface area contributed by atoms with E-state index in [0.29, 0.717) is 22.1 Å². The predicted molar refractivity (Wildman–Crippen MR) is 72.9 cm³/mol. The molecule has 2 heterocycles. The maximum atomic E-state index is 9.82. The van der Waals surface area contributed by atoms with Crippen LogP contribution >= 0.6 is 11.6 Å². The van der Waals surface area contributed by atoms with Gasteiger partial charge < -0.3 is 10.1 Å². The van der Waals surface area contributed by atoms with Crippen LogP contribution in [0, 0.1) is 11.3 Å². The normalized spacial score (nSPS) is 10.5. The highest BCUT2D eigenvalue weighted by Gasteiger charge is 2.10. The zero-order valence-electron chi connectivity index (χ0n) is 9.68. The monoisotopic (exact) mass is 269 g/mol. The first kappa shape index (κ1) is 11.6. The Morgan fingerprint density at radius 3 is 2.84 bits per heavy atom. The number of aromatic hydroxyl groups is 1. The zero-order valence-corrected chi connectivity index (χ0v) is 10.4. The lowest BCUT2D eigenvalue weighted by Gasteiger charge is -2.00. The van der Waals surface area contributed by atoms with E-state index < -0.39 is 0 Å². The molecule has 92 valence electrons. The number of aromatic nitrogens is 2. The molecule has 3 rings (SSSR count). The third kappa shape index (κ3) is 2.01. The molecule has 0 amide bonds. The number of hydrogen-bond donors (Lipinski definition) is 2. The summed E-state index contributed by atoms with van der Waals surface area (Å²) in [5.41, 5.74) is 2.50. The molecule has 2 aromatic heterocycles. The van der Waals surface area contributed by atoms with Gasteiger partial charge in [0.05, 0.1) is 17.3 Å². The molecule has 0 saturated carbocycles. The molecule has 19 heavy (non-hydrogen) atoms. The number of aromatic amines is 1. The molecular formula is C14H8ClN3O. The minimum absolute atomic E-state index is 0.0523. The predicted octanol–water partition coefficient (Wildman–Crippen LogP) is 3.46. The molecule has 1 aromatic carbocycles. The highest BCUT2D eigenvalue weighted by atomic mass is 35.5. The molecule has 0 spiro atoms. The summed E-state index contributed by atoms with van der Waals surface area (Å²) in [7, 11) is 0. The lowest BCUT2D eigenvalue weighted by molar-refractivity contribution is 0.475. The summed E-state index contributed by atoms with van der Waals surface area (Å²) in [4.78, 5) is 7.24. The van der Waals surface area contributed by atoms with Gasteiger partial charge in [-0.3, -0.25) is 0 Å². The molecule has 0 fully saturated rings. The highest BCUT2D eigenvalue weighted by molar-refractivity contribution is 6.29. The van der Waals surface area contributed by atoms with Gasteiger partial charge >= 0.3 is 0 Å². The van der Waals surface area contributed by atoms with E-state index >= 15 is 0 Å². The van der Waals surface area contributed by atoms with Gasteiger partial charge in [-0.25, -0.2) is 4.98 Å². The molecular weight excluding hydrogens is 262 g/mol. The summed E-state index contributed by atoms with van der Waals surface area (Å²) in [6, 6.07) is 12.3. The van der Waals surface area contributed by atoms with Gasteiger partial charge in [-0.1, -0.05) is 11.6 Å². The van der Waals surface area contributed by atoms with Crippen LogP contribution in [0.3, 0.4) is 0 Å². The van der Waals surface area contributed by atoms with Crippen molar-refractivity contribution in [2.45, 2.75) is 0 Å². The van der Waals surface area contributed by atoms with Crippen molar-refractivity contribution in [2.75, 3.05) is 0 Å². The Hall–Kier alpha value is -2.51. The number of benzene rings is 1. The first-order chi connectivity index (χ1) is 9.17. The largest absolute Gasteiger partial charge is 0.506 e. The van der Waals surface area contributed by atoms with Crippen molar-refractivity contribution in [3.63, 3.8) is 0 Å². The fraction of sp³-hybridized carbons (Fsp3) is 0. The second-order valence-corrected chi connectivity index (χ2v) is 4.49. The van der Waals surface area contributed by atoms with Crippen LogP contribution < -0.4 is 0 Å². The van der Waals surface area contributed by atoms with Crippen LogP contribution in [0.25, 0.3) is 22.3 Å². The average molecular weight is 270 g/mol. The third-order valence-corrected chi connectivity index (χ3v) is 3.06. The number of nitriles is 1. The molecule has 0 saturated heterocycles. The smallest absolute Gasteiger partial charge is 0.143 e. The van der Waals surface area contributed by atoms with E-state index in [1.807, 2.05) is 12.1 Å². The molecule has 0 aliphatic heterocycles. The standard InChI is InChI=1S/C14H8ClN3O/c15-13-4-3-12(19)14(18-13)11-6-9-5-8(7-16)1-2-10(9)17-11/h1-6,17,19H. The van der Waals surface area contributed by atoms with Crippen LogP contribution in [0.2, 0.25) is 5.15 Å². The maximum Gasteiger partial charge on any atom is 0.143 e. The van der Waals surface area contributed by atoms with E-state index in [2.05, 4.69) is 16.0 Å². The van der Waals surface area contributed by atoms with Gasteiger partial charge in [0, 0.05) is 10.9 Å².